The van der Waals surface area contributed by atoms with E-state index in [9.17, 15) is 13.9 Å². The molecule has 1 aromatic rings. The SMILES string of the molecule is N#CC[C@H](O)c1cc(F)cc(F)c1. The first-order valence-corrected chi connectivity index (χ1v) is 3.64. The minimum atomic E-state index is -1.13. The molecular weight excluding hydrogens is 176 g/mol. The van der Waals surface area contributed by atoms with Gasteiger partial charge in [-0.05, 0) is 17.7 Å². The molecule has 0 amide bonds. The van der Waals surface area contributed by atoms with Crippen LogP contribution in [-0.4, -0.2) is 5.11 Å². The van der Waals surface area contributed by atoms with E-state index < -0.39 is 17.7 Å². The minimum absolute atomic E-state index is 0.0825. The van der Waals surface area contributed by atoms with Gasteiger partial charge in [0, 0.05) is 6.07 Å². The van der Waals surface area contributed by atoms with Crippen LogP contribution in [0.5, 0.6) is 0 Å². The largest absolute Gasteiger partial charge is 0.387 e. The fourth-order valence-corrected chi connectivity index (χ4v) is 0.972. The summed E-state index contributed by atoms with van der Waals surface area (Å²) >= 11 is 0. The van der Waals surface area contributed by atoms with Gasteiger partial charge in [-0.1, -0.05) is 0 Å². The average molecular weight is 183 g/mol. The van der Waals surface area contributed by atoms with E-state index in [-0.39, 0.29) is 12.0 Å². The van der Waals surface area contributed by atoms with Crippen molar-refractivity contribution in [2.45, 2.75) is 12.5 Å². The van der Waals surface area contributed by atoms with Gasteiger partial charge in [0.1, 0.15) is 11.6 Å². The maximum absolute atomic E-state index is 12.6. The molecule has 2 nitrogen and oxygen atoms in total. The molecule has 0 aliphatic heterocycles. The summed E-state index contributed by atoms with van der Waals surface area (Å²) in [6.07, 6.45) is -1.31. The second-order valence-electron chi connectivity index (χ2n) is 2.58. The van der Waals surface area contributed by atoms with Crippen molar-refractivity contribution in [2.75, 3.05) is 0 Å². The molecule has 1 aromatic carbocycles. The van der Waals surface area contributed by atoms with Crippen LogP contribution < -0.4 is 0 Å². The van der Waals surface area contributed by atoms with Gasteiger partial charge < -0.3 is 5.11 Å². The molecule has 0 fully saturated rings. The van der Waals surface area contributed by atoms with E-state index in [2.05, 4.69) is 0 Å². The smallest absolute Gasteiger partial charge is 0.126 e. The molecule has 0 saturated carbocycles. The number of hydrogen-bond donors (Lipinski definition) is 1. The molecule has 0 spiro atoms. The van der Waals surface area contributed by atoms with Crippen molar-refractivity contribution in [3.8, 4) is 6.07 Å². The number of nitriles is 1. The van der Waals surface area contributed by atoms with Crippen LogP contribution >= 0.6 is 0 Å². The highest BCUT2D eigenvalue weighted by Gasteiger charge is 2.09. The quantitative estimate of drug-likeness (QED) is 0.761. The lowest BCUT2D eigenvalue weighted by atomic mass is 10.1. The van der Waals surface area contributed by atoms with Gasteiger partial charge in [0.2, 0.25) is 0 Å². The number of rotatable bonds is 2. The van der Waals surface area contributed by atoms with Gasteiger partial charge in [0.15, 0.2) is 0 Å². The second kappa shape index (κ2) is 3.97. The molecule has 0 radical (unpaired) electrons. The zero-order valence-electron chi connectivity index (χ0n) is 6.67. The summed E-state index contributed by atoms with van der Waals surface area (Å²) in [6, 6.07) is 4.43. The molecule has 0 aliphatic carbocycles. The summed E-state index contributed by atoms with van der Waals surface area (Å²) in [6.45, 7) is 0. The van der Waals surface area contributed by atoms with E-state index in [4.69, 9.17) is 5.26 Å². The van der Waals surface area contributed by atoms with Gasteiger partial charge in [0.05, 0.1) is 18.6 Å². The Kier molecular flexibility index (Phi) is 2.93. The first-order valence-electron chi connectivity index (χ1n) is 3.64. The topological polar surface area (TPSA) is 44.0 Å². The molecule has 13 heavy (non-hydrogen) atoms. The molecule has 0 aromatic heterocycles. The van der Waals surface area contributed by atoms with Crippen LogP contribution in [0.3, 0.4) is 0 Å². The van der Waals surface area contributed by atoms with Gasteiger partial charge in [-0.2, -0.15) is 5.26 Å². The first-order chi connectivity index (χ1) is 6.13. The number of aliphatic hydroxyl groups is 1. The number of hydrogen-bond acceptors (Lipinski definition) is 2. The number of nitrogens with zero attached hydrogens (tertiary/aromatic N) is 1. The molecule has 68 valence electrons. The molecule has 0 heterocycles. The molecule has 1 rings (SSSR count). The van der Waals surface area contributed by atoms with Crippen LogP contribution in [0.4, 0.5) is 8.78 Å². The Morgan fingerprint density at radius 2 is 1.85 bits per heavy atom. The maximum atomic E-state index is 12.6. The molecular formula is C9H7F2NO. The third-order valence-corrected chi connectivity index (χ3v) is 1.55. The highest BCUT2D eigenvalue weighted by molar-refractivity contribution is 5.20. The normalized spacial score (nSPS) is 12.2. The van der Waals surface area contributed by atoms with Gasteiger partial charge in [-0.3, -0.25) is 0 Å². The van der Waals surface area contributed by atoms with Crippen LogP contribution in [-0.2, 0) is 0 Å². The lowest BCUT2D eigenvalue weighted by molar-refractivity contribution is 0.182. The Labute approximate surface area is 74.0 Å². The lowest BCUT2D eigenvalue weighted by Crippen LogP contribution is -1.97. The third-order valence-electron chi connectivity index (χ3n) is 1.55. The summed E-state index contributed by atoms with van der Waals surface area (Å²) in [4.78, 5) is 0. The number of benzene rings is 1. The lowest BCUT2D eigenvalue weighted by Gasteiger charge is -2.06. The van der Waals surface area contributed by atoms with Crippen molar-refractivity contribution >= 4 is 0 Å². The van der Waals surface area contributed by atoms with Crippen molar-refractivity contribution in [2.24, 2.45) is 0 Å². The highest BCUT2D eigenvalue weighted by Crippen LogP contribution is 2.18. The predicted octanol–water partition coefficient (Wildman–Crippen LogP) is 1.91. The van der Waals surface area contributed by atoms with Gasteiger partial charge in [-0.15, -0.1) is 0 Å². The van der Waals surface area contributed by atoms with Gasteiger partial charge in [0.25, 0.3) is 0 Å². The van der Waals surface area contributed by atoms with E-state index in [0.29, 0.717) is 6.07 Å². The zero-order valence-corrected chi connectivity index (χ0v) is 6.67. The van der Waals surface area contributed by atoms with Crippen molar-refractivity contribution in [1.29, 1.82) is 5.26 Å². The molecule has 0 unspecified atom stereocenters. The Morgan fingerprint density at radius 3 is 2.31 bits per heavy atom. The first kappa shape index (κ1) is 9.62. The van der Waals surface area contributed by atoms with Crippen LogP contribution in [0.25, 0.3) is 0 Å². The highest BCUT2D eigenvalue weighted by atomic mass is 19.1. The van der Waals surface area contributed by atoms with E-state index in [1.165, 1.54) is 0 Å². The Morgan fingerprint density at radius 1 is 1.31 bits per heavy atom. The van der Waals surface area contributed by atoms with Crippen LogP contribution in [0.15, 0.2) is 18.2 Å². The minimum Gasteiger partial charge on any atom is -0.387 e. The third kappa shape index (κ3) is 2.49. The average Bonchev–Trinajstić information content (AvgIpc) is 2.03. The number of halogens is 2. The summed E-state index contributed by atoms with van der Waals surface area (Å²) in [5, 5.41) is 17.5. The zero-order chi connectivity index (χ0) is 9.84. The Balaban J connectivity index is 2.95. The van der Waals surface area contributed by atoms with Crippen molar-refractivity contribution in [3.05, 3.63) is 35.4 Å². The van der Waals surface area contributed by atoms with E-state index >= 15 is 0 Å². The van der Waals surface area contributed by atoms with Crippen LogP contribution in [0.1, 0.15) is 18.1 Å². The van der Waals surface area contributed by atoms with Crippen LogP contribution in [0.2, 0.25) is 0 Å². The summed E-state index contributed by atoms with van der Waals surface area (Å²) < 4.78 is 25.2. The molecule has 1 N–H and O–H groups in total. The maximum Gasteiger partial charge on any atom is 0.126 e. The van der Waals surface area contributed by atoms with Crippen molar-refractivity contribution in [1.82, 2.24) is 0 Å². The standard InChI is InChI=1S/C9H7F2NO/c10-7-3-6(4-8(11)5-7)9(13)1-2-12/h3-5,9,13H,1H2/t9-/m0/s1. The summed E-state index contributed by atoms with van der Waals surface area (Å²) in [5.74, 6) is -1.51. The van der Waals surface area contributed by atoms with Crippen molar-refractivity contribution < 1.29 is 13.9 Å². The molecule has 0 bridgehead atoms. The predicted molar refractivity (Wildman–Crippen MR) is 41.5 cm³/mol. The molecule has 0 aliphatic rings. The monoisotopic (exact) mass is 183 g/mol. The molecule has 1 atom stereocenters. The summed E-state index contributed by atoms with van der Waals surface area (Å²) in [5.41, 5.74) is 0.0825. The molecule has 4 heteroatoms. The Bertz CT molecular complexity index is 326. The van der Waals surface area contributed by atoms with E-state index in [1.807, 2.05) is 0 Å². The second-order valence-corrected chi connectivity index (χ2v) is 2.58. The summed E-state index contributed by atoms with van der Waals surface area (Å²) in [7, 11) is 0. The fourth-order valence-electron chi connectivity index (χ4n) is 0.972. The van der Waals surface area contributed by atoms with Crippen LogP contribution in [0, 0.1) is 23.0 Å². The van der Waals surface area contributed by atoms with E-state index in [1.54, 1.807) is 6.07 Å². The van der Waals surface area contributed by atoms with Crippen molar-refractivity contribution in [3.63, 3.8) is 0 Å². The van der Waals surface area contributed by atoms with Gasteiger partial charge >= 0.3 is 0 Å². The van der Waals surface area contributed by atoms with E-state index in [0.717, 1.165) is 12.1 Å². The Hall–Kier alpha value is -1.47. The number of aliphatic hydroxyl groups excluding tert-OH is 1. The van der Waals surface area contributed by atoms with Gasteiger partial charge in [-0.25, -0.2) is 8.78 Å². The fraction of sp³-hybridized carbons (Fsp3) is 0.222. The molecule has 0 saturated heterocycles.